The Hall–Kier alpha value is -1.42. The predicted octanol–water partition coefficient (Wildman–Crippen LogP) is 1.96. The molecule has 4 nitrogen and oxygen atoms in total. The van der Waals surface area contributed by atoms with E-state index in [4.69, 9.17) is 0 Å². The smallest absolute Gasteiger partial charge is 0.151 e. The van der Waals surface area contributed by atoms with E-state index in [2.05, 4.69) is 14.8 Å². The fourth-order valence-electron chi connectivity index (χ4n) is 3.19. The van der Waals surface area contributed by atoms with Crippen molar-refractivity contribution in [1.29, 1.82) is 0 Å². The van der Waals surface area contributed by atoms with Crippen molar-refractivity contribution >= 4 is 12.1 Å². The van der Waals surface area contributed by atoms with Crippen LogP contribution in [-0.4, -0.2) is 48.4 Å². The number of rotatable bonds is 3. The van der Waals surface area contributed by atoms with Crippen molar-refractivity contribution in [2.45, 2.75) is 31.7 Å². The maximum atomic E-state index is 10.6. The minimum Gasteiger partial charge on any atom is -0.355 e. The number of likely N-dealkylation sites (tertiary alicyclic amines) is 1. The molecule has 4 heteroatoms. The summed E-state index contributed by atoms with van der Waals surface area (Å²) in [7, 11) is 0. The highest BCUT2D eigenvalue weighted by Gasteiger charge is 2.28. The van der Waals surface area contributed by atoms with Gasteiger partial charge in [0.05, 0.1) is 0 Å². The summed E-state index contributed by atoms with van der Waals surface area (Å²) in [5, 5.41) is 0. The van der Waals surface area contributed by atoms with Gasteiger partial charge in [-0.25, -0.2) is 4.98 Å². The van der Waals surface area contributed by atoms with E-state index < -0.39 is 0 Å². The zero-order chi connectivity index (χ0) is 13.1. The fourth-order valence-corrected chi connectivity index (χ4v) is 3.19. The molecule has 1 aromatic rings. The van der Waals surface area contributed by atoms with Gasteiger partial charge in [-0.05, 0) is 44.5 Å². The van der Waals surface area contributed by atoms with Crippen LogP contribution in [0.15, 0.2) is 18.3 Å². The van der Waals surface area contributed by atoms with E-state index in [1.807, 2.05) is 12.1 Å². The van der Waals surface area contributed by atoms with E-state index in [-0.39, 0.29) is 0 Å². The van der Waals surface area contributed by atoms with Gasteiger partial charge in [-0.1, -0.05) is 6.42 Å². The van der Waals surface area contributed by atoms with Crippen molar-refractivity contribution in [1.82, 2.24) is 9.88 Å². The van der Waals surface area contributed by atoms with Gasteiger partial charge in [-0.15, -0.1) is 0 Å². The number of carbonyl (C=O) groups excluding carboxylic acids is 1. The molecule has 2 saturated heterocycles. The number of nitrogens with zero attached hydrogens (tertiary/aromatic N) is 3. The summed E-state index contributed by atoms with van der Waals surface area (Å²) in [5.74, 6) is 1.00. The maximum absolute atomic E-state index is 10.6. The molecule has 2 aliphatic rings. The molecule has 2 aliphatic heterocycles. The van der Waals surface area contributed by atoms with Crippen LogP contribution in [-0.2, 0) is 0 Å². The summed E-state index contributed by atoms with van der Waals surface area (Å²) in [6.45, 7) is 4.67. The van der Waals surface area contributed by atoms with E-state index in [9.17, 15) is 4.79 Å². The molecule has 102 valence electrons. The van der Waals surface area contributed by atoms with Gasteiger partial charge in [0.1, 0.15) is 5.82 Å². The Labute approximate surface area is 114 Å². The van der Waals surface area contributed by atoms with Crippen LogP contribution in [0.4, 0.5) is 5.82 Å². The average molecular weight is 259 g/mol. The lowest BCUT2D eigenvalue weighted by molar-refractivity contribution is 0.112. The topological polar surface area (TPSA) is 36.4 Å². The molecule has 2 fully saturated rings. The van der Waals surface area contributed by atoms with Crippen molar-refractivity contribution in [3.63, 3.8) is 0 Å². The van der Waals surface area contributed by atoms with E-state index in [0.717, 1.165) is 25.2 Å². The lowest BCUT2D eigenvalue weighted by Crippen LogP contribution is -2.40. The zero-order valence-electron chi connectivity index (χ0n) is 11.3. The zero-order valence-corrected chi connectivity index (χ0v) is 11.3. The second-order valence-corrected chi connectivity index (χ2v) is 5.55. The molecular formula is C15H21N3O. The van der Waals surface area contributed by atoms with Gasteiger partial charge in [0, 0.05) is 30.9 Å². The number of hydrogen-bond donors (Lipinski definition) is 0. The molecule has 0 N–H and O–H groups in total. The van der Waals surface area contributed by atoms with Crippen LogP contribution in [0.5, 0.6) is 0 Å². The molecule has 0 bridgehead atoms. The monoisotopic (exact) mass is 259 g/mol. The molecule has 0 saturated carbocycles. The summed E-state index contributed by atoms with van der Waals surface area (Å²) in [5.41, 5.74) is 0.649. The van der Waals surface area contributed by atoms with E-state index in [1.165, 1.54) is 38.8 Å². The lowest BCUT2D eigenvalue weighted by atomic mass is 10.1. The standard InChI is InChI=1S/C15H21N3O/c19-12-13-4-5-15(16-10-13)18-9-6-14(11-18)17-7-2-1-3-8-17/h4-5,10,12,14H,1-3,6-9,11H2. The van der Waals surface area contributed by atoms with Crippen LogP contribution in [0.3, 0.4) is 0 Å². The highest BCUT2D eigenvalue weighted by molar-refractivity contribution is 5.74. The minimum atomic E-state index is 0.649. The Balaban J connectivity index is 1.62. The van der Waals surface area contributed by atoms with Crippen LogP contribution < -0.4 is 4.90 Å². The number of aldehydes is 1. The summed E-state index contributed by atoms with van der Waals surface area (Å²) in [6, 6.07) is 4.50. The predicted molar refractivity (Wildman–Crippen MR) is 75.7 cm³/mol. The number of anilines is 1. The Morgan fingerprint density at radius 2 is 2.00 bits per heavy atom. The Bertz CT molecular complexity index is 426. The van der Waals surface area contributed by atoms with Crippen molar-refractivity contribution in [3.8, 4) is 0 Å². The van der Waals surface area contributed by atoms with Crippen molar-refractivity contribution in [2.24, 2.45) is 0 Å². The number of aromatic nitrogens is 1. The van der Waals surface area contributed by atoms with Gasteiger partial charge in [0.25, 0.3) is 0 Å². The second kappa shape index (κ2) is 5.70. The summed E-state index contributed by atoms with van der Waals surface area (Å²) >= 11 is 0. The first-order valence-corrected chi connectivity index (χ1v) is 7.27. The van der Waals surface area contributed by atoms with Gasteiger partial charge < -0.3 is 4.90 Å². The van der Waals surface area contributed by atoms with E-state index in [0.29, 0.717) is 11.6 Å². The van der Waals surface area contributed by atoms with Crippen LogP contribution in [0.2, 0.25) is 0 Å². The Morgan fingerprint density at radius 3 is 2.68 bits per heavy atom. The Kier molecular flexibility index (Phi) is 3.78. The molecule has 0 aromatic carbocycles. The third-order valence-electron chi connectivity index (χ3n) is 4.30. The van der Waals surface area contributed by atoms with Crippen molar-refractivity contribution in [2.75, 3.05) is 31.1 Å². The molecule has 19 heavy (non-hydrogen) atoms. The van der Waals surface area contributed by atoms with Crippen molar-refractivity contribution < 1.29 is 4.79 Å². The van der Waals surface area contributed by atoms with E-state index >= 15 is 0 Å². The van der Waals surface area contributed by atoms with Gasteiger partial charge in [-0.3, -0.25) is 9.69 Å². The molecular weight excluding hydrogens is 238 g/mol. The third-order valence-corrected chi connectivity index (χ3v) is 4.30. The lowest BCUT2D eigenvalue weighted by Gasteiger charge is -2.32. The van der Waals surface area contributed by atoms with Gasteiger partial charge in [0.15, 0.2) is 6.29 Å². The molecule has 0 radical (unpaired) electrons. The third kappa shape index (κ3) is 2.78. The van der Waals surface area contributed by atoms with Gasteiger partial charge in [-0.2, -0.15) is 0 Å². The first kappa shape index (κ1) is 12.6. The minimum absolute atomic E-state index is 0.649. The SMILES string of the molecule is O=Cc1ccc(N2CCC(N3CCCCC3)C2)nc1. The summed E-state index contributed by atoms with van der Waals surface area (Å²) in [6.07, 6.45) is 7.83. The van der Waals surface area contributed by atoms with Crippen LogP contribution in [0.1, 0.15) is 36.0 Å². The molecule has 0 amide bonds. The van der Waals surface area contributed by atoms with Crippen LogP contribution >= 0.6 is 0 Å². The highest BCUT2D eigenvalue weighted by Crippen LogP contribution is 2.23. The van der Waals surface area contributed by atoms with Crippen LogP contribution in [0.25, 0.3) is 0 Å². The molecule has 0 aliphatic carbocycles. The van der Waals surface area contributed by atoms with Crippen LogP contribution in [0, 0.1) is 0 Å². The van der Waals surface area contributed by atoms with E-state index in [1.54, 1.807) is 6.20 Å². The largest absolute Gasteiger partial charge is 0.355 e. The first-order valence-electron chi connectivity index (χ1n) is 7.27. The molecule has 1 unspecified atom stereocenters. The van der Waals surface area contributed by atoms with Gasteiger partial charge in [0.2, 0.25) is 0 Å². The molecule has 3 heterocycles. The number of carbonyl (C=O) groups is 1. The molecule has 1 aromatic heterocycles. The quantitative estimate of drug-likeness (QED) is 0.778. The summed E-state index contributed by atoms with van der Waals surface area (Å²) < 4.78 is 0. The average Bonchev–Trinajstić information content (AvgIpc) is 2.98. The number of hydrogen-bond acceptors (Lipinski definition) is 4. The normalized spacial score (nSPS) is 24.6. The molecule has 1 atom stereocenters. The Morgan fingerprint density at radius 1 is 1.16 bits per heavy atom. The number of piperidine rings is 1. The second-order valence-electron chi connectivity index (χ2n) is 5.55. The highest BCUT2D eigenvalue weighted by atomic mass is 16.1. The molecule has 0 spiro atoms. The van der Waals surface area contributed by atoms with Crippen molar-refractivity contribution in [3.05, 3.63) is 23.9 Å². The fraction of sp³-hybridized carbons (Fsp3) is 0.600. The summed E-state index contributed by atoms with van der Waals surface area (Å²) in [4.78, 5) is 20.0. The maximum Gasteiger partial charge on any atom is 0.151 e. The van der Waals surface area contributed by atoms with Gasteiger partial charge >= 0.3 is 0 Å². The molecule has 3 rings (SSSR count). The number of pyridine rings is 1. The first-order chi connectivity index (χ1) is 9.36.